The molecular formula is C30H28N10O. The van der Waals surface area contributed by atoms with E-state index in [0.717, 1.165) is 65.6 Å². The first-order valence-corrected chi connectivity index (χ1v) is 13.2. The number of anilines is 3. The van der Waals surface area contributed by atoms with Crippen LogP contribution in [0.2, 0.25) is 0 Å². The minimum absolute atomic E-state index is 0.465. The van der Waals surface area contributed by atoms with Crippen LogP contribution < -0.4 is 20.3 Å². The highest BCUT2D eigenvalue weighted by Gasteiger charge is 2.14. The van der Waals surface area contributed by atoms with Crippen molar-refractivity contribution in [2.45, 2.75) is 6.92 Å². The number of nitrogens with zero attached hydrogens (tertiary/aromatic N) is 8. The van der Waals surface area contributed by atoms with Crippen LogP contribution in [-0.4, -0.2) is 63.0 Å². The van der Waals surface area contributed by atoms with Crippen LogP contribution in [0.1, 0.15) is 11.1 Å². The number of hydrogen-bond donors (Lipinski definition) is 2. The van der Waals surface area contributed by atoms with Gasteiger partial charge in [-0.1, -0.05) is 0 Å². The Morgan fingerprint density at radius 1 is 0.976 bits per heavy atom. The van der Waals surface area contributed by atoms with Gasteiger partial charge in [-0.15, -0.1) is 5.10 Å². The van der Waals surface area contributed by atoms with Crippen LogP contribution in [0.25, 0.3) is 28.3 Å². The van der Waals surface area contributed by atoms with Crippen molar-refractivity contribution in [3.8, 4) is 40.3 Å². The van der Waals surface area contributed by atoms with Gasteiger partial charge in [-0.25, -0.2) is 24.6 Å². The minimum atomic E-state index is 0.465. The van der Waals surface area contributed by atoms with E-state index < -0.39 is 0 Å². The Kier molecular flexibility index (Phi) is 7.21. The Balaban J connectivity index is 1.19. The summed E-state index contributed by atoms with van der Waals surface area (Å²) in [5.74, 6) is 1.61. The predicted molar refractivity (Wildman–Crippen MR) is 156 cm³/mol. The van der Waals surface area contributed by atoms with Crippen molar-refractivity contribution < 1.29 is 4.74 Å². The van der Waals surface area contributed by atoms with Gasteiger partial charge in [0.15, 0.2) is 5.82 Å². The molecule has 0 atom stereocenters. The first kappa shape index (κ1) is 25.9. The van der Waals surface area contributed by atoms with Gasteiger partial charge in [-0.3, -0.25) is 0 Å². The van der Waals surface area contributed by atoms with Crippen molar-refractivity contribution in [3.63, 3.8) is 0 Å². The maximum absolute atomic E-state index is 9.63. The van der Waals surface area contributed by atoms with Crippen molar-refractivity contribution in [1.29, 1.82) is 5.26 Å². The molecule has 4 heterocycles. The summed E-state index contributed by atoms with van der Waals surface area (Å²) in [5.41, 5.74) is 6.77. The van der Waals surface area contributed by atoms with Gasteiger partial charge in [-0.05, 0) is 61.0 Å². The quantitative estimate of drug-likeness (QED) is 0.308. The fourth-order valence-electron chi connectivity index (χ4n) is 4.72. The van der Waals surface area contributed by atoms with E-state index >= 15 is 0 Å². The maximum atomic E-state index is 9.63. The van der Waals surface area contributed by atoms with Gasteiger partial charge in [0.25, 0.3) is 0 Å². The van der Waals surface area contributed by atoms with Crippen LogP contribution in [-0.2, 0) is 0 Å². The Labute approximate surface area is 237 Å². The summed E-state index contributed by atoms with van der Waals surface area (Å²) in [6, 6.07) is 19.6. The normalized spacial score (nSPS) is 13.0. The van der Waals surface area contributed by atoms with E-state index in [-0.39, 0.29) is 0 Å². The van der Waals surface area contributed by atoms with Gasteiger partial charge in [0.2, 0.25) is 11.8 Å². The number of hydrogen-bond acceptors (Lipinski definition) is 10. The molecule has 5 aromatic rings. The molecule has 6 rings (SSSR count). The molecule has 0 bridgehead atoms. The van der Waals surface area contributed by atoms with Crippen molar-refractivity contribution in [2.24, 2.45) is 0 Å². The Morgan fingerprint density at radius 2 is 1.80 bits per heavy atom. The molecule has 3 aromatic heterocycles. The van der Waals surface area contributed by atoms with Crippen molar-refractivity contribution in [3.05, 3.63) is 84.4 Å². The van der Waals surface area contributed by atoms with Gasteiger partial charge in [0.1, 0.15) is 6.33 Å². The summed E-state index contributed by atoms with van der Waals surface area (Å²) in [6.45, 7) is 5.61. The Bertz CT molecular complexity index is 1720. The topological polar surface area (TPSA) is 130 Å². The zero-order valence-electron chi connectivity index (χ0n) is 22.7. The summed E-state index contributed by atoms with van der Waals surface area (Å²) in [4.78, 5) is 20.2. The molecule has 0 radical (unpaired) electrons. The van der Waals surface area contributed by atoms with Gasteiger partial charge in [-0.2, -0.15) is 5.26 Å². The standard InChI is InChI=1S/C30H28N10O/c1-20-13-28(41-2)34-18-26(20)29-35-19-40(38-29)24-5-3-23(4-6-24)36-30-33-8-7-27(37-30)22-14-21(17-31)15-25(16-22)39-11-9-32-10-12-39/h3-8,13-16,18-19,32H,9-12H2,1-2H3,(H,33,36,37). The number of aromatic nitrogens is 6. The minimum Gasteiger partial charge on any atom is -0.481 e. The third-order valence-corrected chi connectivity index (χ3v) is 6.90. The molecule has 2 N–H and O–H groups in total. The number of aryl methyl sites for hydroxylation is 1. The van der Waals surface area contributed by atoms with E-state index in [2.05, 4.69) is 47.7 Å². The van der Waals surface area contributed by atoms with Crippen LogP contribution >= 0.6 is 0 Å². The number of nitrogens with one attached hydrogen (secondary N) is 2. The first-order valence-electron chi connectivity index (χ1n) is 13.2. The highest BCUT2D eigenvalue weighted by atomic mass is 16.5. The third kappa shape index (κ3) is 5.68. The van der Waals surface area contributed by atoms with E-state index in [4.69, 9.17) is 9.72 Å². The summed E-state index contributed by atoms with van der Waals surface area (Å²) in [6.07, 6.45) is 5.12. The lowest BCUT2D eigenvalue weighted by Gasteiger charge is -2.29. The second-order valence-corrected chi connectivity index (χ2v) is 9.61. The fourth-order valence-corrected chi connectivity index (χ4v) is 4.72. The largest absolute Gasteiger partial charge is 0.481 e. The molecule has 1 aliphatic rings. The number of rotatable bonds is 7. The summed E-state index contributed by atoms with van der Waals surface area (Å²) >= 11 is 0. The SMILES string of the molecule is COc1cc(C)c(-c2ncn(-c3ccc(Nc4nccc(-c5cc(C#N)cc(N6CCNCC6)c5)n4)cc3)n2)cn1. The molecular weight excluding hydrogens is 516 g/mol. The number of methoxy groups -OCH3 is 1. The molecule has 0 amide bonds. The molecule has 0 unspecified atom stereocenters. The number of piperazine rings is 1. The summed E-state index contributed by atoms with van der Waals surface area (Å²) in [5, 5.41) is 20.9. The van der Waals surface area contributed by atoms with Gasteiger partial charge in [0, 0.05) is 67.1 Å². The maximum Gasteiger partial charge on any atom is 0.227 e. The lowest BCUT2D eigenvalue weighted by atomic mass is 10.1. The van der Waals surface area contributed by atoms with E-state index in [1.807, 2.05) is 55.5 Å². The molecule has 1 fully saturated rings. The Morgan fingerprint density at radius 3 is 2.56 bits per heavy atom. The number of benzene rings is 2. The lowest BCUT2D eigenvalue weighted by Crippen LogP contribution is -2.43. The van der Waals surface area contributed by atoms with Crippen molar-refractivity contribution in [1.82, 2.24) is 35.0 Å². The van der Waals surface area contributed by atoms with Gasteiger partial charge >= 0.3 is 0 Å². The van der Waals surface area contributed by atoms with Crippen LogP contribution in [0.15, 0.2) is 73.3 Å². The zero-order valence-corrected chi connectivity index (χ0v) is 22.7. The molecule has 0 aliphatic carbocycles. The van der Waals surface area contributed by atoms with E-state index in [9.17, 15) is 5.26 Å². The highest BCUT2D eigenvalue weighted by molar-refractivity contribution is 5.70. The molecule has 0 spiro atoms. The van der Waals surface area contributed by atoms with Gasteiger partial charge in [0.05, 0.1) is 30.1 Å². The van der Waals surface area contributed by atoms with Crippen LogP contribution in [0.4, 0.5) is 17.3 Å². The third-order valence-electron chi connectivity index (χ3n) is 6.90. The monoisotopic (exact) mass is 544 g/mol. The van der Waals surface area contributed by atoms with Crippen LogP contribution in [0.3, 0.4) is 0 Å². The molecule has 41 heavy (non-hydrogen) atoms. The molecule has 11 heteroatoms. The summed E-state index contributed by atoms with van der Waals surface area (Å²) < 4.78 is 6.91. The molecule has 1 saturated heterocycles. The van der Waals surface area contributed by atoms with E-state index in [1.54, 1.807) is 30.5 Å². The number of pyridine rings is 1. The second-order valence-electron chi connectivity index (χ2n) is 9.61. The molecule has 11 nitrogen and oxygen atoms in total. The average Bonchev–Trinajstić information content (AvgIpc) is 3.51. The lowest BCUT2D eigenvalue weighted by molar-refractivity contribution is 0.397. The van der Waals surface area contributed by atoms with Crippen LogP contribution in [0.5, 0.6) is 5.88 Å². The number of nitriles is 1. The fraction of sp³-hybridized carbons (Fsp3) is 0.200. The predicted octanol–water partition coefficient (Wildman–Crippen LogP) is 4.13. The smallest absolute Gasteiger partial charge is 0.227 e. The van der Waals surface area contributed by atoms with Crippen LogP contribution in [0, 0.1) is 18.3 Å². The van der Waals surface area contributed by atoms with E-state index in [0.29, 0.717) is 23.2 Å². The number of ether oxygens (including phenoxy) is 1. The van der Waals surface area contributed by atoms with E-state index in [1.165, 1.54) is 0 Å². The Hall–Kier alpha value is -5.34. The summed E-state index contributed by atoms with van der Waals surface area (Å²) in [7, 11) is 1.59. The van der Waals surface area contributed by atoms with Crippen molar-refractivity contribution in [2.75, 3.05) is 43.5 Å². The molecule has 0 saturated carbocycles. The molecule has 2 aromatic carbocycles. The van der Waals surface area contributed by atoms with Gasteiger partial charge < -0.3 is 20.3 Å². The zero-order chi connectivity index (χ0) is 28.2. The molecule has 204 valence electrons. The van der Waals surface area contributed by atoms with Crippen molar-refractivity contribution >= 4 is 17.3 Å². The second kappa shape index (κ2) is 11.4. The molecule has 1 aliphatic heterocycles. The highest BCUT2D eigenvalue weighted by Crippen LogP contribution is 2.27. The first-order chi connectivity index (χ1) is 20.1. The average molecular weight is 545 g/mol.